The summed E-state index contributed by atoms with van der Waals surface area (Å²) in [5.41, 5.74) is 2.48. The number of halogens is 1. The van der Waals surface area contributed by atoms with E-state index < -0.39 is 12.1 Å². The number of rotatable bonds is 22. The summed E-state index contributed by atoms with van der Waals surface area (Å²) in [6.07, 6.45) is 19.7. The molecule has 0 aliphatic heterocycles. The molecule has 0 saturated heterocycles. The molecule has 0 spiro atoms. The van der Waals surface area contributed by atoms with Gasteiger partial charge in [0.15, 0.2) is 0 Å². The van der Waals surface area contributed by atoms with Crippen LogP contribution in [0.2, 0.25) is 0 Å². The molecule has 0 fully saturated rings. The normalized spacial score (nSPS) is 11.5. The van der Waals surface area contributed by atoms with E-state index in [4.69, 9.17) is 20.6 Å². The Morgan fingerprint density at radius 2 is 1.20 bits per heavy atom. The number of ether oxygens (including phenoxy) is 3. The summed E-state index contributed by atoms with van der Waals surface area (Å²) in [6.45, 7) is 2.89. The molecular formula is C39H49FO4. The van der Waals surface area contributed by atoms with Crippen molar-refractivity contribution in [1.82, 2.24) is 0 Å². The molecule has 4 nitrogen and oxygen atoms in total. The largest absolute Gasteiger partial charge is 0.494 e. The van der Waals surface area contributed by atoms with Gasteiger partial charge in [0, 0.05) is 6.42 Å². The van der Waals surface area contributed by atoms with E-state index in [2.05, 4.69) is 12.8 Å². The summed E-state index contributed by atoms with van der Waals surface area (Å²) >= 11 is 0. The monoisotopic (exact) mass is 600 g/mol. The lowest BCUT2D eigenvalue weighted by molar-refractivity contribution is 0.0734. The van der Waals surface area contributed by atoms with Crippen molar-refractivity contribution in [3.8, 4) is 40.7 Å². The molecule has 0 saturated carbocycles. The van der Waals surface area contributed by atoms with Gasteiger partial charge in [-0.3, -0.25) is 0 Å². The first kappa shape index (κ1) is 34.7. The van der Waals surface area contributed by atoms with Crippen LogP contribution in [0.3, 0.4) is 0 Å². The third kappa shape index (κ3) is 13.7. The van der Waals surface area contributed by atoms with Gasteiger partial charge in [0.25, 0.3) is 0 Å². The van der Waals surface area contributed by atoms with E-state index in [0.29, 0.717) is 23.5 Å². The van der Waals surface area contributed by atoms with Crippen LogP contribution in [-0.4, -0.2) is 25.4 Å². The number of hydrogen-bond donors (Lipinski definition) is 0. The van der Waals surface area contributed by atoms with E-state index in [1.807, 2.05) is 36.4 Å². The molecule has 0 radical (unpaired) electrons. The highest BCUT2D eigenvalue weighted by Gasteiger charge is 2.11. The van der Waals surface area contributed by atoms with Crippen molar-refractivity contribution in [3.63, 3.8) is 0 Å². The molecule has 0 heterocycles. The van der Waals surface area contributed by atoms with Crippen molar-refractivity contribution >= 4 is 5.97 Å². The van der Waals surface area contributed by atoms with Gasteiger partial charge in [-0.2, -0.15) is 0 Å². The van der Waals surface area contributed by atoms with Crippen molar-refractivity contribution in [3.05, 3.63) is 78.4 Å². The van der Waals surface area contributed by atoms with Gasteiger partial charge in [-0.25, -0.2) is 9.18 Å². The zero-order valence-corrected chi connectivity index (χ0v) is 26.4. The molecule has 3 aromatic carbocycles. The fourth-order valence-corrected chi connectivity index (χ4v) is 4.95. The van der Waals surface area contributed by atoms with E-state index in [1.54, 1.807) is 36.4 Å². The quantitative estimate of drug-likeness (QED) is 0.0498. The number of terminal acetylenes is 1. The van der Waals surface area contributed by atoms with Gasteiger partial charge in [-0.05, 0) is 78.9 Å². The molecule has 0 aromatic heterocycles. The minimum absolute atomic E-state index is 0.0216. The Morgan fingerprint density at radius 3 is 1.82 bits per heavy atom. The lowest BCUT2D eigenvalue weighted by Crippen LogP contribution is -2.13. The topological polar surface area (TPSA) is 44.8 Å². The first-order valence-corrected chi connectivity index (χ1v) is 16.4. The average molecular weight is 601 g/mol. The molecule has 5 heteroatoms. The summed E-state index contributed by atoms with van der Waals surface area (Å²) in [6, 6.07) is 22.1. The van der Waals surface area contributed by atoms with Crippen molar-refractivity contribution in [1.29, 1.82) is 0 Å². The minimum Gasteiger partial charge on any atom is -0.494 e. The zero-order valence-electron chi connectivity index (χ0n) is 26.4. The van der Waals surface area contributed by atoms with Gasteiger partial charge < -0.3 is 14.2 Å². The lowest BCUT2D eigenvalue weighted by Gasteiger charge is -2.11. The lowest BCUT2D eigenvalue weighted by atomic mass is 10.1. The summed E-state index contributed by atoms with van der Waals surface area (Å²) in [5.74, 6) is 4.12. The maximum atomic E-state index is 14.0. The van der Waals surface area contributed by atoms with Crippen molar-refractivity contribution in [2.45, 2.75) is 103 Å². The molecule has 0 aliphatic carbocycles. The van der Waals surface area contributed by atoms with Crippen molar-refractivity contribution in [2.24, 2.45) is 0 Å². The highest BCUT2D eigenvalue weighted by Crippen LogP contribution is 2.25. The molecule has 236 valence electrons. The van der Waals surface area contributed by atoms with E-state index in [-0.39, 0.29) is 6.61 Å². The maximum absolute atomic E-state index is 14.0. The SMILES string of the molecule is C#CCCCCCCCCCCOc1ccc(-c2ccc(OC(=O)c3ccc(OC[C@@H](F)CCCCCC)cc3)cc2)cc1. The molecule has 0 amide bonds. The number of hydrogen-bond acceptors (Lipinski definition) is 4. The van der Waals surface area contributed by atoms with E-state index >= 15 is 0 Å². The zero-order chi connectivity index (χ0) is 31.2. The number of carbonyl (C=O) groups excluding carboxylic acids is 1. The van der Waals surface area contributed by atoms with Crippen LogP contribution in [-0.2, 0) is 0 Å². The Morgan fingerprint density at radius 1 is 0.682 bits per heavy atom. The summed E-state index contributed by atoms with van der Waals surface area (Å²) in [5, 5.41) is 0. The fourth-order valence-electron chi connectivity index (χ4n) is 4.95. The van der Waals surface area contributed by atoms with Gasteiger partial charge in [0.05, 0.1) is 12.2 Å². The molecule has 44 heavy (non-hydrogen) atoms. The molecule has 3 aromatic rings. The van der Waals surface area contributed by atoms with Crippen LogP contribution >= 0.6 is 0 Å². The third-order valence-corrected chi connectivity index (χ3v) is 7.63. The Labute approximate surface area is 264 Å². The van der Waals surface area contributed by atoms with E-state index in [0.717, 1.165) is 68.4 Å². The van der Waals surface area contributed by atoms with Gasteiger partial charge >= 0.3 is 5.97 Å². The van der Waals surface area contributed by atoms with Crippen LogP contribution in [0.4, 0.5) is 4.39 Å². The van der Waals surface area contributed by atoms with Gasteiger partial charge in [-0.1, -0.05) is 95.4 Å². The number of alkyl halides is 1. The predicted molar refractivity (Wildman–Crippen MR) is 178 cm³/mol. The smallest absolute Gasteiger partial charge is 0.343 e. The first-order chi connectivity index (χ1) is 21.6. The highest BCUT2D eigenvalue weighted by molar-refractivity contribution is 5.91. The Kier molecular flexibility index (Phi) is 16.6. The molecule has 0 aliphatic rings. The third-order valence-electron chi connectivity index (χ3n) is 7.63. The Balaban J connectivity index is 1.34. The summed E-state index contributed by atoms with van der Waals surface area (Å²) in [7, 11) is 0. The second-order valence-corrected chi connectivity index (χ2v) is 11.4. The Bertz CT molecular complexity index is 1230. The molecule has 0 unspecified atom stereocenters. The minimum atomic E-state index is -0.985. The van der Waals surface area contributed by atoms with Gasteiger partial charge in [-0.15, -0.1) is 12.3 Å². The van der Waals surface area contributed by atoms with Gasteiger partial charge in [0.2, 0.25) is 0 Å². The predicted octanol–water partition coefficient (Wildman–Crippen LogP) is 10.8. The van der Waals surface area contributed by atoms with Crippen molar-refractivity contribution < 1.29 is 23.4 Å². The average Bonchev–Trinajstić information content (AvgIpc) is 3.05. The van der Waals surface area contributed by atoms with Crippen LogP contribution < -0.4 is 14.2 Å². The number of benzene rings is 3. The van der Waals surface area contributed by atoms with E-state index in [9.17, 15) is 9.18 Å². The number of carbonyl (C=O) groups is 1. The summed E-state index contributed by atoms with van der Waals surface area (Å²) < 4.78 is 31.1. The molecule has 0 N–H and O–H groups in total. The first-order valence-electron chi connectivity index (χ1n) is 16.4. The van der Waals surface area contributed by atoms with Crippen LogP contribution in [0.5, 0.6) is 17.2 Å². The molecular weight excluding hydrogens is 551 g/mol. The number of unbranched alkanes of at least 4 members (excludes halogenated alkanes) is 11. The molecule has 0 bridgehead atoms. The van der Waals surface area contributed by atoms with Crippen LogP contribution in [0, 0.1) is 12.3 Å². The van der Waals surface area contributed by atoms with Crippen LogP contribution in [0.1, 0.15) is 107 Å². The summed E-state index contributed by atoms with van der Waals surface area (Å²) in [4.78, 5) is 12.6. The fraction of sp³-hybridized carbons (Fsp3) is 0.462. The second-order valence-electron chi connectivity index (χ2n) is 11.4. The van der Waals surface area contributed by atoms with Gasteiger partial charge in [0.1, 0.15) is 30.0 Å². The Hall–Kier alpha value is -3.78. The molecule has 3 rings (SSSR count). The maximum Gasteiger partial charge on any atom is 0.343 e. The van der Waals surface area contributed by atoms with Crippen molar-refractivity contribution in [2.75, 3.05) is 13.2 Å². The molecule has 1 atom stereocenters. The highest BCUT2D eigenvalue weighted by atomic mass is 19.1. The van der Waals surface area contributed by atoms with Crippen LogP contribution in [0.25, 0.3) is 11.1 Å². The standard InChI is InChI=1S/C39H49FO4/c1-3-5-7-9-10-11-12-13-14-16-30-42-36-24-18-32(19-25-36)33-20-28-38(29-21-33)44-39(41)34-22-26-37(27-23-34)43-31-35(40)17-15-8-6-4-2/h1,18-29,35H,4-17,30-31H2,2H3/t35-/m0/s1. The number of esters is 1. The van der Waals surface area contributed by atoms with Crippen LogP contribution in [0.15, 0.2) is 72.8 Å². The van der Waals surface area contributed by atoms with E-state index in [1.165, 1.54) is 38.5 Å². The second kappa shape index (κ2) is 21.0.